The van der Waals surface area contributed by atoms with Gasteiger partial charge in [0.1, 0.15) is 5.69 Å². The second-order valence-electron chi connectivity index (χ2n) is 4.33. The highest BCUT2D eigenvalue weighted by atomic mass is 35.5. The van der Waals surface area contributed by atoms with Gasteiger partial charge in [0.25, 0.3) is 11.6 Å². The van der Waals surface area contributed by atoms with Gasteiger partial charge in [0.2, 0.25) is 0 Å². The fourth-order valence-electron chi connectivity index (χ4n) is 1.87. The van der Waals surface area contributed by atoms with Gasteiger partial charge in [-0.1, -0.05) is 26.7 Å². The zero-order valence-corrected chi connectivity index (χ0v) is 11.7. The Morgan fingerprint density at radius 3 is 2.63 bits per heavy atom. The number of rotatable bonds is 7. The molecule has 0 aliphatic rings. The molecule has 0 radical (unpaired) electrons. The number of alkyl halides is 1. The van der Waals surface area contributed by atoms with Gasteiger partial charge in [-0.15, -0.1) is 11.6 Å². The largest absolute Gasteiger partial charge is 0.351 e. The maximum Gasteiger partial charge on any atom is 0.287 e. The van der Waals surface area contributed by atoms with Crippen LogP contribution < -0.4 is 5.32 Å². The molecule has 106 valence electrons. The summed E-state index contributed by atoms with van der Waals surface area (Å²) in [6.07, 6.45) is 3.09. The SMILES string of the molecule is CCC(CC)C(Cl)CNC(=O)c1cc([N+](=O)[O-])c[nH]1. The molecular weight excluding hydrogens is 270 g/mol. The molecule has 0 saturated heterocycles. The zero-order chi connectivity index (χ0) is 14.4. The van der Waals surface area contributed by atoms with Crippen LogP contribution in [0.4, 0.5) is 5.69 Å². The lowest BCUT2D eigenvalue weighted by Crippen LogP contribution is -2.33. The number of halogens is 1. The van der Waals surface area contributed by atoms with Crippen molar-refractivity contribution in [2.75, 3.05) is 6.54 Å². The van der Waals surface area contributed by atoms with E-state index in [0.29, 0.717) is 12.5 Å². The van der Waals surface area contributed by atoms with E-state index in [2.05, 4.69) is 24.1 Å². The van der Waals surface area contributed by atoms with Crippen LogP contribution in [0.15, 0.2) is 12.3 Å². The molecule has 1 amide bonds. The molecule has 1 aromatic heterocycles. The van der Waals surface area contributed by atoms with Gasteiger partial charge in [0.15, 0.2) is 0 Å². The number of carbonyl (C=O) groups excluding carboxylic acids is 1. The summed E-state index contributed by atoms with van der Waals surface area (Å²) in [6.45, 7) is 4.46. The third kappa shape index (κ3) is 4.24. The number of nitrogens with one attached hydrogen (secondary N) is 2. The summed E-state index contributed by atoms with van der Waals surface area (Å²) in [5, 5.41) is 13.0. The number of nitrogens with zero attached hydrogens (tertiary/aromatic N) is 1. The molecule has 0 bridgehead atoms. The minimum absolute atomic E-state index is 0.132. The lowest BCUT2D eigenvalue weighted by atomic mass is 9.99. The molecule has 1 aromatic rings. The number of H-pyrrole nitrogens is 1. The van der Waals surface area contributed by atoms with Crippen LogP contribution in [-0.4, -0.2) is 27.7 Å². The van der Waals surface area contributed by atoms with Crippen LogP contribution in [0.25, 0.3) is 0 Å². The fraction of sp³-hybridized carbons (Fsp3) is 0.583. The molecule has 0 aliphatic carbocycles. The van der Waals surface area contributed by atoms with Crippen molar-refractivity contribution in [3.05, 3.63) is 28.1 Å². The molecule has 6 nitrogen and oxygen atoms in total. The molecular formula is C12H18ClN3O3. The summed E-state index contributed by atoms with van der Waals surface area (Å²) < 4.78 is 0. The van der Waals surface area contributed by atoms with Crippen molar-refractivity contribution in [1.29, 1.82) is 0 Å². The van der Waals surface area contributed by atoms with Gasteiger partial charge in [0, 0.05) is 12.6 Å². The number of nitro groups is 1. The second kappa shape index (κ2) is 7.13. The molecule has 0 aliphatic heterocycles. The maximum atomic E-state index is 11.8. The van der Waals surface area contributed by atoms with E-state index < -0.39 is 4.92 Å². The third-order valence-corrected chi connectivity index (χ3v) is 3.65. The summed E-state index contributed by atoms with van der Waals surface area (Å²) in [5.41, 5.74) is 0.0349. The molecule has 2 N–H and O–H groups in total. The van der Waals surface area contributed by atoms with Crippen molar-refractivity contribution in [1.82, 2.24) is 10.3 Å². The first-order valence-corrected chi connectivity index (χ1v) is 6.68. The summed E-state index contributed by atoms with van der Waals surface area (Å²) in [5.74, 6) is -0.0374. The molecule has 1 atom stereocenters. The summed E-state index contributed by atoms with van der Waals surface area (Å²) in [7, 11) is 0. The normalized spacial score (nSPS) is 12.4. The topological polar surface area (TPSA) is 88.0 Å². The first-order chi connectivity index (χ1) is 8.99. The van der Waals surface area contributed by atoms with E-state index >= 15 is 0 Å². The highest BCUT2D eigenvalue weighted by molar-refractivity contribution is 6.21. The molecule has 1 unspecified atom stereocenters. The van der Waals surface area contributed by atoms with Crippen LogP contribution in [0.3, 0.4) is 0 Å². The highest BCUT2D eigenvalue weighted by Crippen LogP contribution is 2.18. The van der Waals surface area contributed by atoms with E-state index in [-0.39, 0.29) is 22.7 Å². The number of carbonyl (C=O) groups is 1. The molecule has 0 aromatic carbocycles. The molecule has 1 heterocycles. The Morgan fingerprint density at radius 2 is 2.16 bits per heavy atom. The first kappa shape index (κ1) is 15.5. The number of aromatic nitrogens is 1. The molecule has 19 heavy (non-hydrogen) atoms. The average Bonchev–Trinajstić information content (AvgIpc) is 2.87. The van der Waals surface area contributed by atoms with Gasteiger partial charge in [-0.2, -0.15) is 0 Å². The van der Waals surface area contributed by atoms with Gasteiger partial charge in [-0.25, -0.2) is 0 Å². The van der Waals surface area contributed by atoms with E-state index in [1.807, 2.05) is 0 Å². The van der Waals surface area contributed by atoms with Crippen LogP contribution in [0, 0.1) is 16.0 Å². The smallest absolute Gasteiger partial charge is 0.287 e. The fourth-order valence-corrected chi connectivity index (χ4v) is 2.31. The predicted octanol–water partition coefficient (Wildman–Crippen LogP) is 2.70. The molecule has 0 fully saturated rings. The van der Waals surface area contributed by atoms with Crippen molar-refractivity contribution < 1.29 is 9.72 Å². The number of aromatic amines is 1. The monoisotopic (exact) mass is 287 g/mol. The van der Waals surface area contributed by atoms with Crippen molar-refractivity contribution >= 4 is 23.2 Å². The Bertz CT molecular complexity index is 443. The molecule has 7 heteroatoms. The number of hydrogen-bond acceptors (Lipinski definition) is 3. The van der Waals surface area contributed by atoms with E-state index in [1.165, 1.54) is 12.3 Å². The van der Waals surface area contributed by atoms with Crippen molar-refractivity contribution in [2.45, 2.75) is 32.1 Å². The van der Waals surface area contributed by atoms with Crippen molar-refractivity contribution in [2.24, 2.45) is 5.92 Å². The van der Waals surface area contributed by atoms with Gasteiger partial charge in [-0.05, 0) is 5.92 Å². The lowest BCUT2D eigenvalue weighted by Gasteiger charge is -2.19. The van der Waals surface area contributed by atoms with Crippen LogP contribution in [0.2, 0.25) is 0 Å². The third-order valence-electron chi connectivity index (χ3n) is 3.14. The van der Waals surface area contributed by atoms with Gasteiger partial charge >= 0.3 is 0 Å². The van der Waals surface area contributed by atoms with Crippen molar-refractivity contribution in [3.63, 3.8) is 0 Å². The van der Waals surface area contributed by atoms with E-state index in [4.69, 9.17) is 11.6 Å². The first-order valence-electron chi connectivity index (χ1n) is 6.24. The minimum atomic E-state index is -0.554. The van der Waals surface area contributed by atoms with Gasteiger partial charge in [0.05, 0.1) is 16.5 Å². The molecule has 0 spiro atoms. The van der Waals surface area contributed by atoms with E-state index in [9.17, 15) is 14.9 Å². The van der Waals surface area contributed by atoms with Crippen LogP contribution in [-0.2, 0) is 0 Å². The maximum absolute atomic E-state index is 11.8. The van der Waals surface area contributed by atoms with E-state index in [0.717, 1.165) is 12.8 Å². The van der Waals surface area contributed by atoms with Crippen molar-refractivity contribution in [3.8, 4) is 0 Å². The summed E-state index contributed by atoms with van der Waals surface area (Å²) in [6, 6.07) is 1.20. The average molecular weight is 288 g/mol. The number of amides is 1. The lowest BCUT2D eigenvalue weighted by molar-refractivity contribution is -0.384. The Morgan fingerprint density at radius 1 is 1.53 bits per heavy atom. The van der Waals surface area contributed by atoms with Gasteiger partial charge in [-0.3, -0.25) is 14.9 Å². The van der Waals surface area contributed by atoms with E-state index in [1.54, 1.807) is 0 Å². The molecule has 1 rings (SSSR count). The van der Waals surface area contributed by atoms with Crippen LogP contribution >= 0.6 is 11.6 Å². The highest BCUT2D eigenvalue weighted by Gasteiger charge is 2.18. The minimum Gasteiger partial charge on any atom is -0.351 e. The zero-order valence-electron chi connectivity index (χ0n) is 11.0. The summed E-state index contributed by atoms with van der Waals surface area (Å²) in [4.78, 5) is 24.3. The van der Waals surface area contributed by atoms with Crippen LogP contribution in [0.5, 0.6) is 0 Å². The standard InChI is InChI=1S/C12H18ClN3O3/c1-3-8(4-2)10(13)7-15-12(17)11-5-9(6-14-11)16(18)19/h5-6,8,10,14H,3-4,7H2,1-2H3,(H,15,17). The summed E-state index contributed by atoms with van der Waals surface area (Å²) >= 11 is 6.20. The number of hydrogen-bond donors (Lipinski definition) is 2. The van der Waals surface area contributed by atoms with Crippen LogP contribution in [0.1, 0.15) is 37.2 Å². The Labute approximate surface area is 116 Å². The second-order valence-corrected chi connectivity index (χ2v) is 4.89. The predicted molar refractivity (Wildman–Crippen MR) is 73.5 cm³/mol. The Balaban J connectivity index is 2.53. The Kier molecular flexibility index (Phi) is 5.82. The Hall–Kier alpha value is -1.56. The molecule has 0 saturated carbocycles. The quantitative estimate of drug-likeness (QED) is 0.459. The van der Waals surface area contributed by atoms with Gasteiger partial charge < -0.3 is 10.3 Å².